The molecule has 1 aliphatic carbocycles. The van der Waals surface area contributed by atoms with Gasteiger partial charge < -0.3 is 10.1 Å². The number of nitrogens with one attached hydrogen (secondary N) is 1. The first-order valence-corrected chi connectivity index (χ1v) is 8.75. The lowest BCUT2D eigenvalue weighted by Crippen LogP contribution is -2.40. The van der Waals surface area contributed by atoms with Gasteiger partial charge in [0.05, 0.1) is 17.6 Å². The highest BCUT2D eigenvalue weighted by Gasteiger charge is 2.45. The van der Waals surface area contributed by atoms with Crippen molar-refractivity contribution in [3.63, 3.8) is 0 Å². The summed E-state index contributed by atoms with van der Waals surface area (Å²) < 4.78 is 4.95. The zero-order valence-electron chi connectivity index (χ0n) is 15.8. The number of carbonyl (C=O) groups excluding carboxylic acids is 2. The van der Waals surface area contributed by atoms with E-state index in [0.717, 1.165) is 5.70 Å². The van der Waals surface area contributed by atoms with Crippen LogP contribution in [0.1, 0.15) is 45.1 Å². The summed E-state index contributed by atoms with van der Waals surface area (Å²) in [6.07, 6.45) is 1.37. The Morgan fingerprint density at radius 2 is 2.07 bits per heavy atom. The van der Waals surface area contributed by atoms with Crippen molar-refractivity contribution in [3.05, 3.63) is 62.5 Å². The Kier molecular flexibility index (Phi) is 4.63. The monoisotopic (exact) mass is 370 g/mol. The van der Waals surface area contributed by atoms with Gasteiger partial charge in [0.1, 0.15) is 0 Å². The Balaban J connectivity index is 2.25. The number of benzene rings is 1. The van der Waals surface area contributed by atoms with Gasteiger partial charge in [0.15, 0.2) is 5.78 Å². The lowest BCUT2D eigenvalue weighted by atomic mass is 9.67. The summed E-state index contributed by atoms with van der Waals surface area (Å²) in [6.45, 7) is 5.52. The molecule has 0 fully saturated rings. The van der Waals surface area contributed by atoms with Crippen LogP contribution < -0.4 is 5.32 Å². The topological polar surface area (TPSA) is 98.5 Å². The number of Topliss-reactive ketones (excluding diaryl/α,β-unsaturated/α-hetero) is 1. The van der Waals surface area contributed by atoms with E-state index in [1.54, 1.807) is 19.1 Å². The van der Waals surface area contributed by atoms with Crippen LogP contribution in [0.15, 0.2) is 46.8 Å². The summed E-state index contributed by atoms with van der Waals surface area (Å²) in [7, 11) is 1.28. The predicted octanol–water partition coefficient (Wildman–Crippen LogP) is 3.37. The number of allylic oxidation sites excluding steroid dienone is 3. The number of nitro benzene ring substituents is 1. The Bertz CT molecular complexity index is 911. The van der Waals surface area contributed by atoms with Crippen LogP contribution in [-0.4, -0.2) is 23.8 Å². The Morgan fingerprint density at radius 1 is 1.37 bits per heavy atom. The highest BCUT2D eigenvalue weighted by molar-refractivity contribution is 6.06. The zero-order valence-corrected chi connectivity index (χ0v) is 15.8. The van der Waals surface area contributed by atoms with Crippen molar-refractivity contribution in [2.24, 2.45) is 5.41 Å². The van der Waals surface area contributed by atoms with E-state index in [4.69, 9.17) is 4.74 Å². The van der Waals surface area contributed by atoms with E-state index < -0.39 is 22.2 Å². The summed E-state index contributed by atoms with van der Waals surface area (Å²) in [5.41, 5.74) is 2.07. The van der Waals surface area contributed by atoms with E-state index >= 15 is 0 Å². The van der Waals surface area contributed by atoms with Gasteiger partial charge >= 0.3 is 5.97 Å². The van der Waals surface area contributed by atoms with Gasteiger partial charge in [-0.3, -0.25) is 14.9 Å². The highest BCUT2D eigenvalue weighted by atomic mass is 16.6. The van der Waals surface area contributed by atoms with E-state index in [1.165, 1.54) is 19.2 Å². The first kappa shape index (κ1) is 18.8. The van der Waals surface area contributed by atoms with Crippen LogP contribution in [0.5, 0.6) is 0 Å². The van der Waals surface area contributed by atoms with Crippen molar-refractivity contribution in [1.29, 1.82) is 0 Å². The molecule has 0 saturated heterocycles. The predicted molar refractivity (Wildman–Crippen MR) is 98.7 cm³/mol. The summed E-state index contributed by atoms with van der Waals surface area (Å²) >= 11 is 0. The van der Waals surface area contributed by atoms with Gasteiger partial charge in [-0.05, 0) is 25.3 Å². The van der Waals surface area contributed by atoms with Gasteiger partial charge in [-0.25, -0.2) is 4.79 Å². The first-order valence-electron chi connectivity index (χ1n) is 8.75. The fraction of sp³-hybridized carbons (Fsp3) is 0.400. The lowest BCUT2D eigenvalue weighted by Gasteiger charge is -2.39. The van der Waals surface area contributed by atoms with Gasteiger partial charge in [0, 0.05) is 40.4 Å². The second-order valence-electron chi connectivity index (χ2n) is 7.55. The van der Waals surface area contributed by atoms with Crippen molar-refractivity contribution in [3.8, 4) is 0 Å². The molecule has 7 heteroatoms. The van der Waals surface area contributed by atoms with Crippen molar-refractivity contribution < 1.29 is 19.2 Å². The van der Waals surface area contributed by atoms with Gasteiger partial charge in [0.25, 0.3) is 5.69 Å². The molecule has 7 nitrogen and oxygen atoms in total. The van der Waals surface area contributed by atoms with Crippen LogP contribution in [0.4, 0.5) is 5.69 Å². The minimum Gasteiger partial charge on any atom is -0.466 e. The molecule has 142 valence electrons. The smallest absolute Gasteiger partial charge is 0.336 e. The van der Waals surface area contributed by atoms with Crippen LogP contribution in [0.2, 0.25) is 0 Å². The quantitative estimate of drug-likeness (QED) is 0.498. The minimum atomic E-state index is -0.694. The van der Waals surface area contributed by atoms with Crippen molar-refractivity contribution in [1.82, 2.24) is 5.32 Å². The van der Waals surface area contributed by atoms with E-state index in [1.807, 2.05) is 13.8 Å². The molecule has 27 heavy (non-hydrogen) atoms. The van der Waals surface area contributed by atoms with Crippen molar-refractivity contribution >= 4 is 17.4 Å². The van der Waals surface area contributed by atoms with Crippen LogP contribution in [-0.2, 0) is 14.3 Å². The van der Waals surface area contributed by atoms with Gasteiger partial charge in [-0.15, -0.1) is 0 Å². The molecule has 1 aliphatic heterocycles. The Labute approximate surface area is 157 Å². The second-order valence-corrected chi connectivity index (χ2v) is 7.55. The second kappa shape index (κ2) is 6.64. The molecule has 1 aromatic rings. The molecule has 1 unspecified atom stereocenters. The molecular formula is C20H22N2O5. The summed E-state index contributed by atoms with van der Waals surface area (Å²) in [5.74, 6) is -1.30. The number of rotatable bonds is 3. The third-order valence-corrected chi connectivity index (χ3v) is 5.32. The maximum absolute atomic E-state index is 13.2. The fourth-order valence-corrected chi connectivity index (χ4v) is 3.81. The van der Waals surface area contributed by atoms with E-state index in [2.05, 4.69) is 5.32 Å². The van der Waals surface area contributed by atoms with E-state index in [-0.39, 0.29) is 11.5 Å². The van der Waals surface area contributed by atoms with E-state index in [9.17, 15) is 19.7 Å². The number of esters is 1. The van der Waals surface area contributed by atoms with Crippen LogP contribution >= 0.6 is 0 Å². The number of nitrogens with zero attached hydrogens (tertiary/aromatic N) is 1. The van der Waals surface area contributed by atoms with Gasteiger partial charge in [0.2, 0.25) is 0 Å². The van der Waals surface area contributed by atoms with Gasteiger partial charge in [-0.1, -0.05) is 26.0 Å². The average Bonchev–Trinajstić information content (AvgIpc) is 2.63. The number of ether oxygens (including phenoxy) is 1. The lowest BCUT2D eigenvalue weighted by molar-refractivity contribution is -0.384. The number of hydrogen-bond donors (Lipinski definition) is 1. The molecule has 0 spiro atoms. The molecule has 2 aliphatic rings. The number of hydrogen-bond acceptors (Lipinski definition) is 6. The number of ketones is 1. The molecule has 0 amide bonds. The SMILES string of the molecule is COC(=O)C1=C(C)NC2=C(C(=O)C(C)(C)CC2)C1c1cccc([N+](=O)[O-])c1. The Hall–Kier alpha value is -2.96. The molecule has 0 saturated carbocycles. The number of methoxy groups -OCH3 is 1. The van der Waals surface area contributed by atoms with Gasteiger partial charge in [-0.2, -0.15) is 0 Å². The third kappa shape index (κ3) is 3.13. The molecule has 1 aromatic carbocycles. The van der Waals surface area contributed by atoms with E-state index in [0.29, 0.717) is 35.2 Å². The maximum Gasteiger partial charge on any atom is 0.336 e. The van der Waals surface area contributed by atoms with Crippen molar-refractivity contribution in [2.75, 3.05) is 7.11 Å². The summed E-state index contributed by atoms with van der Waals surface area (Å²) in [6, 6.07) is 6.09. The third-order valence-electron chi connectivity index (χ3n) is 5.32. The standard InChI is InChI=1S/C20H22N2O5/c1-11-15(19(24)27-4)16(12-6-5-7-13(10-12)22(25)26)17-14(21-11)8-9-20(2,3)18(17)23/h5-7,10,16,21H,8-9H2,1-4H3. The largest absolute Gasteiger partial charge is 0.466 e. The summed E-state index contributed by atoms with van der Waals surface area (Å²) in [5, 5.41) is 14.4. The van der Waals surface area contributed by atoms with Crippen LogP contribution in [0, 0.1) is 15.5 Å². The molecule has 1 atom stereocenters. The number of non-ortho nitro benzene ring substituents is 1. The fourth-order valence-electron chi connectivity index (χ4n) is 3.81. The molecule has 1 heterocycles. The van der Waals surface area contributed by atoms with Crippen molar-refractivity contribution in [2.45, 2.75) is 39.5 Å². The Morgan fingerprint density at radius 3 is 2.70 bits per heavy atom. The highest BCUT2D eigenvalue weighted by Crippen LogP contribution is 2.47. The van der Waals surface area contributed by atoms with Crippen LogP contribution in [0.25, 0.3) is 0 Å². The normalized spacial score (nSPS) is 21.5. The average molecular weight is 370 g/mol. The zero-order chi connectivity index (χ0) is 19.9. The maximum atomic E-state index is 13.2. The number of dihydropyridines is 1. The minimum absolute atomic E-state index is 0.0540. The number of carbonyl (C=O) groups is 2. The first-order chi connectivity index (χ1) is 12.7. The van der Waals surface area contributed by atoms with Crippen LogP contribution in [0.3, 0.4) is 0 Å². The summed E-state index contributed by atoms with van der Waals surface area (Å²) in [4.78, 5) is 36.5. The molecule has 3 rings (SSSR count). The molecular weight excluding hydrogens is 348 g/mol. The molecule has 0 radical (unpaired) electrons. The molecule has 0 bridgehead atoms. The molecule has 0 aromatic heterocycles. The number of nitro groups is 1. The molecule has 1 N–H and O–H groups in total.